The second-order valence-electron chi connectivity index (χ2n) is 9.84. The molecule has 1 fully saturated rings. The van der Waals surface area contributed by atoms with E-state index in [0.29, 0.717) is 41.7 Å². The number of carbonyl (C=O) groups is 1. The molecule has 0 aromatic heterocycles. The van der Waals surface area contributed by atoms with Gasteiger partial charge in [-0.2, -0.15) is 0 Å². The number of sulfonamides is 1. The van der Waals surface area contributed by atoms with Crippen molar-refractivity contribution in [3.05, 3.63) is 53.6 Å². The summed E-state index contributed by atoms with van der Waals surface area (Å²) in [5.74, 6) is 0.592. The molecule has 1 heterocycles. The van der Waals surface area contributed by atoms with Gasteiger partial charge in [-0.05, 0) is 48.6 Å². The Morgan fingerprint density at radius 3 is 2.24 bits per heavy atom. The molecule has 0 unspecified atom stereocenters. The van der Waals surface area contributed by atoms with Crippen molar-refractivity contribution >= 4 is 27.3 Å². The first-order valence-corrected chi connectivity index (χ1v) is 13.5. The molecule has 2 aromatic carbocycles. The van der Waals surface area contributed by atoms with Gasteiger partial charge >= 0.3 is 0 Å². The Bertz CT molecular complexity index is 1080. The van der Waals surface area contributed by atoms with Gasteiger partial charge in [-0.25, -0.2) is 8.42 Å². The fourth-order valence-corrected chi connectivity index (χ4v) is 5.61. The Kier molecular flexibility index (Phi) is 8.60. The first kappa shape index (κ1) is 26.0. The molecule has 1 amide bonds. The van der Waals surface area contributed by atoms with Gasteiger partial charge in [0, 0.05) is 44.8 Å². The van der Waals surface area contributed by atoms with Gasteiger partial charge in [-0.3, -0.25) is 9.52 Å². The van der Waals surface area contributed by atoms with Crippen LogP contribution >= 0.6 is 0 Å². The summed E-state index contributed by atoms with van der Waals surface area (Å²) in [5, 5.41) is 3.33. The quantitative estimate of drug-likeness (QED) is 0.561. The maximum atomic E-state index is 13.5. The number of carbonyl (C=O) groups excluding carboxylic acids is 1. The Labute approximate surface area is 204 Å². The van der Waals surface area contributed by atoms with E-state index in [1.165, 1.54) is 0 Å². The average molecular weight is 487 g/mol. The molecule has 186 valence electrons. The molecule has 1 saturated heterocycles. The molecular weight excluding hydrogens is 448 g/mol. The highest BCUT2D eigenvalue weighted by atomic mass is 32.2. The molecule has 3 rings (SSSR count). The van der Waals surface area contributed by atoms with Gasteiger partial charge in [0.25, 0.3) is 15.9 Å². The summed E-state index contributed by atoms with van der Waals surface area (Å²) in [6.45, 7) is 14.6. The van der Waals surface area contributed by atoms with Crippen molar-refractivity contribution < 1.29 is 13.2 Å². The van der Waals surface area contributed by atoms with Gasteiger partial charge in [0.15, 0.2) is 0 Å². The van der Waals surface area contributed by atoms with Gasteiger partial charge in [0.05, 0.1) is 16.3 Å². The van der Waals surface area contributed by atoms with Crippen LogP contribution in [0.4, 0.5) is 11.4 Å². The Morgan fingerprint density at radius 2 is 1.65 bits per heavy atom. The number of hydrogen-bond donors (Lipinski definition) is 2. The van der Waals surface area contributed by atoms with Crippen LogP contribution in [-0.4, -0.2) is 58.5 Å². The van der Waals surface area contributed by atoms with Gasteiger partial charge in [0.2, 0.25) is 0 Å². The fourth-order valence-electron chi connectivity index (χ4n) is 4.29. The van der Waals surface area contributed by atoms with Crippen LogP contribution in [0.2, 0.25) is 0 Å². The lowest BCUT2D eigenvalue weighted by molar-refractivity contribution is 0.0715. The standard InChI is InChI=1S/C26H38N4O3S/c1-19(2)17-30(18-20(3)4)26(31)22-10-11-24(29-14-12-27-13-15-29)23(16-22)28-34(32,33)25-9-7-6-8-21(25)5/h6-11,16,19-20,27-28H,12-15,17-18H2,1-5H3. The number of piperazine rings is 1. The number of hydrogen-bond acceptors (Lipinski definition) is 5. The van der Waals surface area contributed by atoms with E-state index in [2.05, 4.69) is 42.6 Å². The van der Waals surface area contributed by atoms with Crippen LogP contribution in [-0.2, 0) is 10.0 Å². The fraction of sp³-hybridized carbons (Fsp3) is 0.500. The summed E-state index contributed by atoms with van der Waals surface area (Å²) in [7, 11) is -3.82. The molecule has 8 heteroatoms. The minimum atomic E-state index is -3.82. The number of amides is 1. The lowest BCUT2D eigenvalue weighted by Gasteiger charge is -2.32. The summed E-state index contributed by atoms with van der Waals surface area (Å²) < 4.78 is 29.4. The van der Waals surface area contributed by atoms with Crippen molar-refractivity contribution in [3.63, 3.8) is 0 Å². The van der Waals surface area contributed by atoms with E-state index in [1.807, 2.05) is 23.1 Å². The first-order valence-electron chi connectivity index (χ1n) is 12.1. The molecule has 0 spiro atoms. The van der Waals surface area contributed by atoms with Gasteiger partial charge in [-0.1, -0.05) is 45.9 Å². The second-order valence-corrected chi connectivity index (χ2v) is 11.5. The molecule has 1 aliphatic rings. The lowest BCUT2D eigenvalue weighted by Crippen LogP contribution is -2.44. The molecule has 2 N–H and O–H groups in total. The van der Waals surface area contributed by atoms with Gasteiger partial charge < -0.3 is 15.1 Å². The highest BCUT2D eigenvalue weighted by Gasteiger charge is 2.24. The molecule has 0 radical (unpaired) electrons. The van der Waals surface area contributed by atoms with E-state index < -0.39 is 10.0 Å². The van der Waals surface area contributed by atoms with Crippen molar-refractivity contribution in [2.24, 2.45) is 11.8 Å². The van der Waals surface area contributed by atoms with E-state index in [9.17, 15) is 13.2 Å². The van der Waals surface area contributed by atoms with E-state index in [-0.39, 0.29) is 10.8 Å². The van der Waals surface area contributed by atoms with Crippen molar-refractivity contribution in [3.8, 4) is 0 Å². The largest absolute Gasteiger partial charge is 0.367 e. The minimum Gasteiger partial charge on any atom is -0.367 e. The summed E-state index contributed by atoms with van der Waals surface area (Å²) in [6.07, 6.45) is 0. The number of nitrogens with one attached hydrogen (secondary N) is 2. The zero-order chi connectivity index (χ0) is 24.9. The van der Waals surface area contributed by atoms with Crippen LogP contribution in [0.25, 0.3) is 0 Å². The third-order valence-electron chi connectivity index (χ3n) is 5.79. The van der Waals surface area contributed by atoms with E-state index >= 15 is 0 Å². The van der Waals surface area contributed by atoms with Crippen LogP contribution in [0.5, 0.6) is 0 Å². The molecule has 0 atom stereocenters. The number of anilines is 2. The lowest BCUT2D eigenvalue weighted by atomic mass is 10.1. The highest BCUT2D eigenvalue weighted by Crippen LogP contribution is 2.31. The Morgan fingerprint density at radius 1 is 1.03 bits per heavy atom. The number of benzene rings is 2. The molecule has 0 saturated carbocycles. The molecule has 0 aliphatic carbocycles. The molecular formula is C26H38N4O3S. The van der Waals surface area contributed by atoms with Crippen LogP contribution in [0.3, 0.4) is 0 Å². The smallest absolute Gasteiger partial charge is 0.262 e. The number of rotatable bonds is 9. The van der Waals surface area contributed by atoms with Crippen molar-refractivity contribution in [1.82, 2.24) is 10.2 Å². The molecule has 0 bridgehead atoms. The van der Waals surface area contributed by atoms with Gasteiger partial charge in [-0.15, -0.1) is 0 Å². The third-order valence-corrected chi connectivity index (χ3v) is 7.31. The first-order chi connectivity index (χ1) is 16.1. The molecule has 34 heavy (non-hydrogen) atoms. The van der Waals surface area contributed by atoms with E-state index in [0.717, 1.165) is 31.9 Å². The number of aryl methyl sites for hydroxylation is 1. The minimum absolute atomic E-state index is 0.0781. The van der Waals surface area contributed by atoms with Crippen LogP contribution in [0.1, 0.15) is 43.6 Å². The zero-order valence-electron chi connectivity index (χ0n) is 21.0. The predicted octanol–water partition coefficient (Wildman–Crippen LogP) is 3.96. The highest BCUT2D eigenvalue weighted by molar-refractivity contribution is 7.92. The van der Waals surface area contributed by atoms with Crippen molar-refractivity contribution in [2.75, 3.05) is 48.9 Å². The Balaban J connectivity index is 2.01. The SMILES string of the molecule is Cc1ccccc1S(=O)(=O)Nc1cc(C(=O)N(CC(C)C)CC(C)C)ccc1N1CCNCC1. The zero-order valence-corrected chi connectivity index (χ0v) is 21.8. The van der Waals surface area contributed by atoms with Crippen LogP contribution in [0, 0.1) is 18.8 Å². The second kappa shape index (κ2) is 11.2. The normalized spacial score (nSPS) is 14.5. The predicted molar refractivity (Wildman–Crippen MR) is 139 cm³/mol. The van der Waals surface area contributed by atoms with Crippen molar-refractivity contribution in [1.29, 1.82) is 0 Å². The molecule has 2 aromatic rings. The van der Waals surface area contributed by atoms with Crippen LogP contribution < -0.4 is 14.9 Å². The van der Waals surface area contributed by atoms with Crippen molar-refractivity contribution in [2.45, 2.75) is 39.5 Å². The molecule has 1 aliphatic heterocycles. The summed E-state index contributed by atoms with van der Waals surface area (Å²) in [5.41, 5.74) is 2.38. The van der Waals surface area contributed by atoms with Crippen LogP contribution in [0.15, 0.2) is 47.4 Å². The van der Waals surface area contributed by atoms with Gasteiger partial charge in [0.1, 0.15) is 0 Å². The maximum Gasteiger partial charge on any atom is 0.262 e. The average Bonchev–Trinajstić information content (AvgIpc) is 2.78. The summed E-state index contributed by atoms with van der Waals surface area (Å²) >= 11 is 0. The maximum absolute atomic E-state index is 13.5. The number of nitrogens with zero attached hydrogens (tertiary/aromatic N) is 2. The van der Waals surface area contributed by atoms with E-state index in [1.54, 1.807) is 31.2 Å². The monoisotopic (exact) mass is 486 g/mol. The summed E-state index contributed by atoms with van der Waals surface area (Å²) in [4.78, 5) is 17.7. The summed E-state index contributed by atoms with van der Waals surface area (Å²) in [6, 6.07) is 12.3. The Hall–Kier alpha value is -2.58. The molecule has 7 nitrogen and oxygen atoms in total. The third kappa shape index (κ3) is 6.51. The topological polar surface area (TPSA) is 81.8 Å². The van der Waals surface area contributed by atoms with E-state index in [4.69, 9.17) is 0 Å².